The molecule has 1 aromatic carbocycles. The number of hydrogen-bond donors (Lipinski definition) is 7. The smallest absolute Gasteiger partial charge is 0.335 e. The van der Waals surface area contributed by atoms with Gasteiger partial charge in [0.2, 0.25) is 0 Å². The van der Waals surface area contributed by atoms with E-state index in [0.717, 1.165) is 16.8 Å². The summed E-state index contributed by atoms with van der Waals surface area (Å²) in [6, 6.07) is 6.68. The second-order valence-electron chi connectivity index (χ2n) is 8.46. The average Bonchev–Trinajstić information content (AvgIpc) is 3.31. The van der Waals surface area contributed by atoms with Crippen LogP contribution in [0.25, 0.3) is 0 Å². The van der Waals surface area contributed by atoms with Crippen LogP contribution in [-0.4, -0.2) is 96.6 Å². The molecule has 2 fully saturated rings. The van der Waals surface area contributed by atoms with Crippen molar-refractivity contribution in [3.8, 4) is 11.8 Å². The minimum Gasteiger partial charge on any atom is -0.478 e. The van der Waals surface area contributed by atoms with Crippen LogP contribution >= 0.6 is 0 Å². The highest BCUT2D eigenvalue weighted by atomic mass is 16.7. The van der Waals surface area contributed by atoms with Crippen molar-refractivity contribution in [3.63, 3.8) is 0 Å². The maximum atomic E-state index is 12.2. The molecule has 3 heterocycles. The van der Waals surface area contributed by atoms with Gasteiger partial charge in [-0.3, -0.25) is 14.3 Å². The lowest BCUT2D eigenvalue weighted by molar-refractivity contribution is -0.205. The number of nitrogens with two attached hydrogens (primary N) is 1. The number of ether oxygens (including phenoxy) is 3. The van der Waals surface area contributed by atoms with E-state index in [1.807, 2.05) is 4.98 Å². The van der Waals surface area contributed by atoms with Crippen molar-refractivity contribution in [3.05, 3.63) is 68.5 Å². The fourth-order valence-electron chi connectivity index (χ4n) is 4.04. The van der Waals surface area contributed by atoms with Gasteiger partial charge in [-0.25, -0.2) is 9.59 Å². The molecule has 4 rings (SSSR count). The van der Waals surface area contributed by atoms with Crippen LogP contribution in [0.4, 0.5) is 0 Å². The molecular weight excluding hydrogens is 494 g/mol. The molecule has 2 aromatic rings. The van der Waals surface area contributed by atoms with Gasteiger partial charge < -0.3 is 45.5 Å². The zero-order chi connectivity index (χ0) is 26.9. The van der Waals surface area contributed by atoms with Crippen LogP contribution in [0, 0.1) is 11.8 Å². The normalized spacial score (nSPS) is 32.0. The topological polar surface area (TPSA) is 227 Å². The lowest BCUT2D eigenvalue weighted by Gasteiger charge is -2.26. The monoisotopic (exact) mass is 519 g/mol. The third kappa shape index (κ3) is 5.49. The first-order valence-corrected chi connectivity index (χ1v) is 11.2. The number of aromatic carboxylic acids is 1. The molecule has 8 N–H and O–H groups in total. The van der Waals surface area contributed by atoms with E-state index in [0.29, 0.717) is 0 Å². The standard InChI is InChI=1S/C23H25N3O11/c24-9-13-15(28)18(31)22(36-13)35-12(5-4-10-2-1-3-11(8-10)21(32)33)19-16(29)17(30)20(37-19)26-7-6-14(27)25-23(26)34/h1-3,6-8,12-13,15-20,22,28-31H,9,24H2,(H,32,33)(H,25,27,34)/t12-,13+,15+,16-,17+,18+,19+,20+,22+/m0/s1. The van der Waals surface area contributed by atoms with Crippen LogP contribution < -0.4 is 17.0 Å². The molecule has 2 aliphatic rings. The van der Waals surface area contributed by atoms with Crippen LogP contribution in [0.2, 0.25) is 0 Å². The minimum absolute atomic E-state index is 0.0298. The summed E-state index contributed by atoms with van der Waals surface area (Å²) < 4.78 is 17.8. The van der Waals surface area contributed by atoms with Crippen molar-refractivity contribution >= 4 is 5.97 Å². The number of carboxylic acids is 1. The second kappa shape index (κ2) is 10.9. The first-order chi connectivity index (χ1) is 17.6. The van der Waals surface area contributed by atoms with Gasteiger partial charge >= 0.3 is 11.7 Å². The maximum Gasteiger partial charge on any atom is 0.335 e. The molecule has 37 heavy (non-hydrogen) atoms. The number of aliphatic hydroxyl groups is 4. The zero-order valence-corrected chi connectivity index (χ0v) is 19.1. The van der Waals surface area contributed by atoms with E-state index < -0.39 is 72.5 Å². The number of carboxylic acid groups (broad SMARTS) is 1. The summed E-state index contributed by atoms with van der Waals surface area (Å²) in [4.78, 5) is 36.9. The van der Waals surface area contributed by atoms with E-state index in [2.05, 4.69) is 11.8 Å². The zero-order valence-electron chi connectivity index (χ0n) is 19.1. The Morgan fingerprint density at radius 3 is 2.51 bits per heavy atom. The van der Waals surface area contributed by atoms with Crippen LogP contribution in [-0.2, 0) is 14.2 Å². The molecule has 1 aromatic heterocycles. The fraction of sp³-hybridized carbons (Fsp3) is 0.435. The summed E-state index contributed by atoms with van der Waals surface area (Å²) in [6.45, 7) is -0.130. The third-order valence-corrected chi connectivity index (χ3v) is 6.00. The van der Waals surface area contributed by atoms with Gasteiger partial charge in [-0.15, -0.1) is 0 Å². The molecule has 0 aliphatic carbocycles. The molecule has 0 saturated carbocycles. The number of rotatable bonds is 6. The third-order valence-electron chi connectivity index (χ3n) is 6.00. The van der Waals surface area contributed by atoms with Crippen molar-refractivity contribution in [2.75, 3.05) is 6.54 Å². The van der Waals surface area contributed by atoms with Gasteiger partial charge in [0, 0.05) is 24.4 Å². The summed E-state index contributed by atoms with van der Waals surface area (Å²) in [6.07, 6.45) is -11.8. The molecule has 9 atom stereocenters. The molecule has 198 valence electrons. The predicted octanol–water partition coefficient (Wildman–Crippen LogP) is -3.30. The van der Waals surface area contributed by atoms with Gasteiger partial charge in [-0.1, -0.05) is 17.9 Å². The largest absolute Gasteiger partial charge is 0.478 e. The summed E-state index contributed by atoms with van der Waals surface area (Å²) in [7, 11) is 0. The average molecular weight is 519 g/mol. The molecule has 0 bridgehead atoms. The Morgan fingerprint density at radius 1 is 1.11 bits per heavy atom. The molecule has 14 nitrogen and oxygen atoms in total. The quantitative estimate of drug-likeness (QED) is 0.186. The molecule has 2 aliphatic heterocycles. The van der Waals surface area contributed by atoms with Crippen molar-refractivity contribution in [2.45, 2.75) is 55.2 Å². The van der Waals surface area contributed by atoms with E-state index in [-0.39, 0.29) is 17.7 Å². The first-order valence-electron chi connectivity index (χ1n) is 11.2. The SMILES string of the molecule is NC[C@H]1O[C@@H](O[C@@H](C#Cc2cccc(C(=O)O)c2)[C@H]2O[C@@H](n3ccc(=O)[nH]c3=O)[C@H](O)[C@@H]2O)[C@H](O)[C@@H]1O. The highest BCUT2D eigenvalue weighted by molar-refractivity contribution is 5.88. The van der Waals surface area contributed by atoms with Gasteiger partial charge in [0.25, 0.3) is 5.56 Å². The fourth-order valence-corrected chi connectivity index (χ4v) is 4.04. The number of nitrogens with one attached hydrogen (secondary N) is 1. The van der Waals surface area contributed by atoms with Crippen molar-refractivity contribution in [1.29, 1.82) is 0 Å². The highest BCUT2D eigenvalue weighted by Crippen LogP contribution is 2.33. The van der Waals surface area contributed by atoms with Crippen molar-refractivity contribution in [2.24, 2.45) is 5.73 Å². The maximum absolute atomic E-state index is 12.2. The van der Waals surface area contributed by atoms with Crippen molar-refractivity contribution in [1.82, 2.24) is 9.55 Å². The van der Waals surface area contributed by atoms with Gasteiger partial charge in [-0.2, -0.15) is 0 Å². The molecular formula is C23H25N3O11. The number of H-pyrrole nitrogens is 1. The Kier molecular flexibility index (Phi) is 7.87. The molecule has 14 heteroatoms. The Bertz CT molecular complexity index is 1310. The second-order valence-corrected chi connectivity index (χ2v) is 8.46. The number of aromatic nitrogens is 2. The Morgan fingerprint density at radius 2 is 1.86 bits per heavy atom. The highest BCUT2D eigenvalue weighted by Gasteiger charge is 2.50. The van der Waals surface area contributed by atoms with Crippen LogP contribution in [0.3, 0.4) is 0 Å². The van der Waals surface area contributed by atoms with E-state index in [4.69, 9.17) is 19.9 Å². The van der Waals surface area contributed by atoms with E-state index in [1.54, 1.807) is 0 Å². The van der Waals surface area contributed by atoms with Crippen LogP contribution in [0.15, 0.2) is 46.1 Å². The Balaban J connectivity index is 1.66. The summed E-state index contributed by atoms with van der Waals surface area (Å²) in [5.41, 5.74) is 4.20. The number of benzene rings is 1. The van der Waals surface area contributed by atoms with Crippen LogP contribution in [0.1, 0.15) is 22.1 Å². The first kappa shape index (κ1) is 26.7. The minimum atomic E-state index is -1.66. The predicted molar refractivity (Wildman–Crippen MR) is 122 cm³/mol. The van der Waals surface area contributed by atoms with E-state index in [9.17, 15) is 39.9 Å². The molecule has 2 saturated heterocycles. The number of carbonyl (C=O) groups is 1. The summed E-state index contributed by atoms with van der Waals surface area (Å²) >= 11 is 0. The number of aliphatic hydroxyl groups excluding tert-OH is 4. The van der Waals surface area contributed by atoms with Gasteiger partial charge in [0.15, 0.2) is 18.6 Å². The Hall–Kier alpha value is -3.39. The molecule has 0 spiro atoms. The molecule has 0 amide bonds. The molecule has 0 radical (unpaired) electrons. The summed E-state index contributed by atoms with van der Waals surface area (Å²) in [5.74, 6) is 4.20. The lowest BCUT2D eigenvalue weighted by atomic mass is 10.0. The Labute approximate surface area is 208 Å². The van der Waals surface area contributed by atoms with Gasteiger partial charge in [0.1, 0.15) is 36.6 Å². The van der Waals surface area contributed by atoms with Gasteiger partial charge in [0.05, 0.1) is 5.56 Å². The lowest BCUT2D eigenvalue weighted by Crippen LogP contribution is -2.43. The number of nitrogens with zero attached hydrogens (tertiary/aromatic N) is 1. The van der Waals surface area contributed by atoms with E-state index >= 15 is 0 Å². The van der Waals surface area contributed by atoms with Gasteiger partial charge in [-0.05, 0) is 18.2 Å². The molecule has 0 unspecified atom stereocenters. The number of hydrogen-bond acceptors (Lipinski definition) is 11. The number of aromatic amines is 1. The van der Waals surface area contributed by atoms with Crippen LogP contribution in [0.5, 0.6) is 0 Å². The van der Waals surface area contributed by atoms with Crippen molar-refractivity contribution < 1.29 is 44.5 Å². The summed E-state index contributed by atoms with van der Waals surface area (Å²) in [5, 5.41) is 51.0. The van der Waals surface area contributed by atoms with E-state index in [1.165, 1.54) is 24.3 Å².